The maximum Gasteiger partial charge on any atom is 0.0860 e. The monoisotopic (exact) mass is 253 g/mol. The fourth-order valence-corrected chi connectivity index (χ4v) is 2.64. The zero-order valence-corrected chi connectivity index (χ0v) is 10.8. The molecule has 1 fully saturated rings. The second kappa shape index (κ2) is 6.31. The minimum Gasteiger partial charge on any atom is -0.394 e. The molecule has 18 heavy (non-hydrogen) atoms. The van der Waals surface area contributed by atoms with E-state index >= 15 is 0 Å². The Labute approximate surface area is 108 Å². The van der Waals surface area contributed by atoms with Crippen molar-refractivity contribution >= 4 is 0 Å². The largest absolute Gasteiger partial charge is 0.394 e. The quantitative estimate of drug-likeness (QED) is 0.691. The highest BCUT2D eigenvalue weighted by Crippen LogP contribution is 2.27. The number of hydrogen-bond acceptors (Lipinski definition) is 4. The third kappa shape index (κ3) is 3.54. The SMILES string of the molecule is OCC1(NCC(O)Cn2cccn2)CCCCC1. The van der Waals surface area contributed by atoms with Crippen LogP contribution in [0.3, 0.4) is 0 Å². The first-order valence-corrected chi connectivity index (χ1v) is 6.75. The fraction of sp³-hybridized carbons (Fsp3) is 0.769. The molecule has 0 aliphatic heterocycles. The van der Waals surface area contributed by atoms with E-state index in [2.05, 4.69) is 10.4 Å². The molecule has 1 atom stereocenters. The summed E-state index contributed by atoms with van der Waals surface area (Å²) in [5.74, 6) is 0. The summed E-state index contributed by atoms with van der Waals surface area (Å²) >= 11 is 0. The maximum atomic E-state index is 9.96. The lowest BCUT2D eigenvalue weighted by atomic mass is 9.82. The van der Waals surface area contributed by atoms with Gasteiger partial charge in [0.1, 0.15) is 0 Å². The zero-order chi connectivity index (χ0) is 12.8. The second-order valence-electron chi connectivity index (χ2n) is 5.26. The van der Waals surface area contributed by atoms with Crippen LogP contribution in [0.25, 0.3) is 0 Å². The van der Waals surface area contributed by atoms with Crippen molar-refractivity contribution in [3.63, 3.8) is 0 Å². The van der Waals surface area contributed by atoms with Crippen molar-refractivity contribution in [3.8, 4) is 0 Å². The van der Waals surface area contributed by atoms with Crippen molar-refractivity contribution in [1.29, 1.82) is 0 Å². The van der Waals surface area contributed by atoms with Crippen LogP contribution in [0.2, 0.25) is 0 Å². The van der Waals surface area contributed by atoms with E-state index in [9.17, 15) is 10.2 Å². The molecule has 3 N–H and O–H groups in total. The highest BCUT2D eigenvalue weighted by Gasteiger charge is 2.31. The normalized spacial score (nSPS) is 20.8. The summed E-state index contributed by atoms with van der Waals surface area (Å²) in [7, 11) is 0. The lowest BCUT2D eigenvalue weighted by Gasteiger charge is -2.37. The van der Waals surface area contributed by atoms with Gasteiger partial charge in [0.15, 0.2) is 0 Å². The smallest absolute Gasteiger partial charge is 0.0860 e. The summed E-state index contributed by atoms with van der Waals surface area (Å²) < 4.78 is 1.72. The minimum absolute atomic E-state index is 0.154. The van der Waals surface area contributed by atoms with Crippen molar-refractivity contribution in [2.45, 2.75) is 50.3 Å². The van der Waals surface area contributed by atoms with E-state index in [1.807, 2.05) is 12.3 Å². The van der Waals surface area contributed by atoms with Crippen LogP contribution in [0.5, 0.6) is 0 Å². The van der Waals surface area contributed by atoms with Crippen LogP contribution in [0.1, 0.15) is 32.1 Å². The van der Waals surface area contributed by atoms with Crippen LogP contribution in [0.4, 0.5) is 0 Å². The Bertz CT molecular complexity index is 334. The third-order valence-corrected chi connectivity index (χ3v) is 3.78. The molecule has 0 radical (unpaired) electrons. The molecule has 0 amide bonds. The second-order valence-corrected chi connectivity index (χ2v) is 5.26. The molecule has 1 saturated carbocycles. The van der Waals surface area contributed by atoms with Gasteiger partial charge in [-0.1, -0.05) is 19.3 Å². The highest BCUT2D eigenvalue weighted by atomic mass is 16.3. The van der Waals surface area contributed by atoms with Crippen LogP contribution in [-0.2, 0) is 6.54 Å². The van der Waals surface area contributed by atoms with Gasteiger partial charge < -0.3 is 15.5 Å². The number of hydrogen-bond donors (Lipinski definition) is 3. The van der Waals surface area contributed by atoms with Crippen LogP contribution in [0.15, 0.2) is 18.5 Å². The zero-order valence-electron chi connectivity index (χ0n) is 10.8. The molecule has 0 bridgehead atoms. The molecule has 1 heterocycles. The minimum atomic E-state index is -0.477. The van der Waals surface area contributed by atoms with Crippen LogP contribution in [0, 0.1) is 0 Å². The molecule has 102 valence electrons. The molecule has 1 unspecified atom stereocenters. The van der Waals surface area contributed by atoms with E-state index in [0.717, 1.165) is 25.7 Å². The Morgan fingerprint density at radius 1 is 1.33 bits per heavy atom. The standard InChI is InChI=1S/C13H23N3O2/c17-11-13(5-2-1-3-6-13)14-9-12(18)10-16-8-4-7-15-16/h4,7-8,12,14,17-18H,1-3,5-6,9-11H2. The molecule has 5 nitrogen and oxygen atoms in total. The molecule has 1 aliphatic carbocycles. The topological polar surface area (TPSA) is 70.3 Å². The van der Waals surface area contributed by atoms with Gasteiger partial charge in [0, 0.05) is 24.5 Å². The van der Waals surface area contributed by atoms with Gasteiger partial charge >= 0.3 is 0 Å². The van der Waals surface area contributed by atoms with Gasteiger partial charge in [-0.25, -0.2) is 0 Å². The Hall–Kier alpha value is -0.910. The van der Waals surface area contributed by atoms with E-state index in [0.29, 0.717) is 13.1 Å². The number of β-amino-alcohol motifs (C(OH)–C–C–N with tert-alkyl or cyclic N) is 1. The van der Waals surface area contributed by atoms with E-state index in [-0.39, 0.29) is 12.1 Å². The summed E-state index contributed by atoms with van der Waals surface area (Å²) in [5, 5.41) is 26.9. The summed E-state index contributed by atoms with van der Waals surface area (Å²) in [6.07, 6.45) is 8.62. The number of nitrogens with one attached hydrogen (secondary N) is 1. The molecular weight excluding hydrogens is 230 g/mol. The first-order valence-electron chi connectivity index (χ1n) is 6.75. The Kier molecular flexibility index (Phi) is 4.74. The first-order chi connectivity index (χ1) is 8.74. The molecule has 5 heteroatoms. The van der Waals surface area contributed by atoms with E-state index in [4.69, 9.17) is 0 Å². The third-order valence-electron chi connectivity index (χ3n) is 3.78. The number of aromatic nitrogens is 2. The van der Waals surface area contributed by atoms with Crippen LogP contribution < -0.4 is 5.32 Å². The summed E-state index contributed by atoms with van der Waals surface area (Å²) in [6, 6.07) is 1.84. The van der Waals surface area contributed by atoms with Gasteiger partial charge in [0.2, 0.25) is 0 Å². The van der Waals surface area contributed by atoms with E-state index in [1.165, 1.54) is 6.42 Å². The molecule has 0 aromatic carbocycles. The van der Waals surface area contributed by atoms with Gasteiger partial charge in [-0.15, -0.1) is 0 Å². The average Bonchev–Trinajstić information content (AvgIpc) is 2.90. The Balaban J connectivity index is 1.78. The predicted molar refractivity (Wildman–Crippen MR) is 69.1 cm³/mol. The van der Waals surface area contributed by atoms with Gasteiger partial charge in [0.25, 0.3) is 0 Å². The number of rotatable bonds is 6. The molecule has 0 spiro atoms. The van der Waals surface area contributed by atoms with Gasteiger partial charge in [-0.3, -0.25) is 4.68 Å². The molecule has 2 rings (SSSR count). The molecule has 1 aromatic rings. The number of aliphatic hydroxyl groups is 2. The van der Waals surface area contributed by atoms with Gasteiger partial charge in [0.05, 0.1) is 19.3 Å². The van der Waals surface area contributed by atoms with Crippen LogP contribution in [-0.4, -0.2) is 44.8 Å². The van der Waals surface area contributed by atoms with Gasteiger partial charge in [-0.05, 0) is 18.9 Å². The molecule has 1 aromatic heterocycles. The molecule has 0 saturated heterocycles. The van der Waals surface area contributed by atoms with Crippen molar-refractivity contribution in [2.75, 3.05) is 13.2 Å². The van der Waals surface area contributed by atoms with E-state index in [1.54, 1.807) is 10.9 Å². The Morgan fingerprint density at radius 3 is 2.72 bits per heavy atom. The fourth-order valence-electron chi connectivity index (χ4n) is 2.64. The first kappa shape index (κ1) is 13.5. The highest BCUT2D eigenvalue weighted by molar-refractivity contribution is 4.91. The summed E-state index contributed by atoms with van der Waals surface area (Å²) in [6.45, 7) is 1.14. The van der Waals surface area contributed by atoms with Crippen molar-refractivity contribution in [3.05, 3.63) is 18.5 Å². The Morgan fingerprint density at radius 2 is 2.11 bits per heavy atom. The van der Waals surface area contributed by atoms with Crippen LogP contribution >= 0.6 is 0 Å². The van der Waals surface area contributed by atoms with Crippen molar-refractivity contribution < 1.29 is 10.2 Å². The summed E-state index contributed by atoms with van der Waals surface area (Å²) in [4.78, 5) is 0. The van der Waals surface area contributed by atoms with Crippen molar-refractivity contribution in [2.24, 2.45) is 0 Å². The maximum absolute atomic E-state index is 9.96. The average molecular weight is 253 g/mol. The lowest BCUT2D eigenvalue weighted by Crippen LogP contribution is -2.52. The van der Waals surface area contributed by atoms with Crippen molar-refractivity contribution in [1.82, 2.24) is 15.1 Å². The molecular formula is C13H23N3O2. The van der Waals surface area contributed by atoms with Gasteiger partial charge in [-0.2, -0.15) is 5.10 Å². The molecule has 1 aliphatic rings. The lowest BCUT2D eigenvalue weighted by molar-refractivity contribution is 0.0868. The van der Waals surface area contributed by atoms with E-state index < -0.39 is 6.10 Å². The number of nitrogens with zero attached hydrogens (tertiary/aromatic N) is 2. The summed E-state index contributed by atoms with van der Waals surface area (Å²) in [5.41, 5.74) is -0.177. The number of aliphatic hydroxyl groups excluding tert-OH is 2. The predicted octanol–water partition coefficient (Wildman–Crippen LogP) is 0.529.